The van der Waals surface area contributed by atoms with Crippen molar-refractivity contribution in [1.82, 2.24) is 0 Å². The Morgan fingerprint density at radius 2 is 2.00 bits per heavy atom. The molecule has 0 fully saturated rings. The minimum absolute atomic E-state index is 0.122. The fourth-order valence-corrected chi connectivity index (χ4v) is 2.70. The molecule has 0 heterocycles. The molecule has 4 nitrogen and oxygen atoms in total. The van der Waals surface area contributed by atoms with Gasteiger partial charge >= 0.3 is 5.97 Å². The maximum Gasteiger partial charge on any atom is 0.306 e. The number of carboxylic acids is 1. The lowest BCUT2D eigenvalue weighted by Crippen LogP contribution is -2.32. The molecule has 0 aliphatic carbocycles. The van der Waals surface area contributed by atoms with Crippen LogP contribution in [0.25, 0.3) is 0 Å². The highest BCUT2D eigenvalue weighted by Crippen LogP contribution is 2.22. The van der Waals surface area contributed by atoms with Gasteiger partial charge in [-0.3, -0.25) is 4.79 Å². The third kappa shape index (κ3) is 11.2. The molecule has 0 unspecified atom stereocenters. The molecule has 5 heteroatoms. The zero-order valence-corrected chi connectivity index (χ0v) is 14.7. The predicted molar refractivity (Wildman–Crippen MR) is 84.7 cm³/mol. The number of aliphatic carboxylic acids is 1. The van der Waals surface area contributed by atoms with Crippen LogP contribution in [0.2, 0.25) is 5.04 Å². The van der Waals surface area contributed by atoms with Crippen molar-refractivity contribution in [3.63, 3.8) is 0 Å². The number of hydrogen-bond donors (Lipinski definition) is 2. The van der Waals surface area contributed by atoms with Gasteiger partial charge in [-0.15, -0.1) is 0 Å². The van der Waals surface area contributed by atoms with Gasteiger partial charge in [0.05, 0.1) is 18.6 Å². The Morgan fingerprint density at radius 1 is 1.35 bits per heavy atom. The maximum absolute atomic E-state index is 10.7. The fourth-order valence-electron chi connectivity index (χ4n) is 1.68. The second kappa shape index (κ2) is 10.1. The minimum Gasteiger partial charge on any atom is -0.481 e. The summed E-state index contributed by atoms with van der Waals surface area (Å²) in [6.07, 6.45) is 6.53. The predicted octanol–water partition coefficient (Wildman–Crippen LogP) is 2.65. The van der Waals surface area contributed by atoms with E-state index in [2.05, 4.69) is 27.7 Å². The molecular formula is C15H30O4Si. The number of carboxylic acid groups (broad SMARTS) is 1. The second-order valence-corrected chi connectivity index (χ2v) is 9.17. The van der Waals surface area contributed by atoms with Crippen molar-refractivity contribution in [1.29, 1.82) is 0 Å². The van der Waals surface area contributed by atoms with Gasteiger partial charge in [0.2, 0.25) is 0 Å². The van der Waals surface area contributed by atoms with Crippen LogP contribution in [0.1, 0.15) is 59.8 Å². The van der Waals surface area contributed by atoms with E-state index < -0.39 is 27.9 Å². The third-order valence-corrected chi connectivity index (χ3v) is 4.19. The van der Waals surface area contributed by atoms with Gasteiger partial charge in [-0.1, -0.05) is 52.7 Å². The van der Waals surface area contributed by atoms with Gasteiger partial charge < -0.3 is 14.6 Å². The topological polar surface area (TPSA) is 66.8 Å². The number of aliphatic hydroxyl groups is 1. The van der Waals surface area contributed by atoms with E-state index in [0.717, 1.165) is 12.8 Å². The summed E-state index contributed by atoms with van der Waals surface area (Å²) < 4.78 is 5.81. The van der Waals surface area contributed by atoms with E-state index in [4.69, 9.17) is 9.53 Å². The average molecular weight is 302 g/mol. The Morgan fingerprint density at radius 3 is 2.50 bits per heavy atom. The lowest BCUT2D eigenvalue weighted by Gasteiger charge is -2.24. The van der Waals surface area contributed by atoms with Crippen LogP contribution < -0.4 is 0 Å². The van der Waals surface area contributed by atoms with Gasteiger partial charge in [-0.2, -0.15) is 0 Å². The van der Waals surface area contributed by atoms with Crippen LogP contribution in [0.3, 0.4) is 0 Å². The van der Waals surface area contributed by atoms with E-state index in [9.17, 15) is 9.90 Å². The minimum atomic E-state index is -0.997. The summed E-state index contributed by atoms with van der Waals surface area (Å²) >= 11 is 0. The summed E-state index contributed by atoms with van der Waals surface area (Å²) in [5.41, 5.74) is 0. The van der Waals surface area contributed by atoms with Crippen LogP contribution >= 0.6 is 0 Å². The van der Waals surface area contributed by atoms with E-state index >= 15 is 0 Å². The molecular weight excluding hydrogens is 272 g/mol. The van der Waals surface area contributed by atoms with Crippen molar-refractivity contribution in [3.05, 3.63) is 12.2 Å². The molecule has 0 aromatic heterocycles. The van der Waals surface area contributed by atoms with Crippen LogP contribution in [-0.2, 0) is 9.22 Å². The van der Waals surface area contributed by atoms with Gasteiger partial charge in [0.25, 0.3) is 0 Å². The molecule has 0 amide bonds. The first-order chi connectivity index (χ1) is 9.26. The van der Waals surface area contributed by atoms with Crippen LogP contribution in [0, 0.1) is 0 Å². The van der Waals surface area contributed by atoms with Gasteiger partial charge in [-0.05, 0) is 17.9 Å². The first-order valence-corrected chi connectivity index (χ1v) is 8.73. The van der Waals surface area contributed by atoms with Crippen LogP contribution in [0.15, 0.2) is 12.2 Å². The molecule has 0 aliphatic heterocycles. The van der Waals surface area contributed by atoms with Crippen molar-refractivity contribution in [2.75, 3.05) is 0 Å². The molecule has 0 spiro atoms. The quantitative estimate of drug-likeness (QED) is 0.370. The van der Waals surface area contributed by atoms with Crippen molar-refractivity contribution in [2.24, 2.45) is 0 Å². The SMILES string of the molecule is CCCCCC=C[C@H](O[SiH2]C(C)(C)C)[C@@H](O)CC(=O)O. The molecule has 0 saturated carbocycles. The number of aliphatic hydroxyl groups excluding tert-OH is 1. The molecule has 2 atom stereocenters. The van der Waals surface area contributed by atoms with Gasteiger partial charge in [0.15, 0.2) is 9.76 Å². The summed E-state index contributed by atoms with van der Waals surface area (Å²) in [6, 6.07) is 0. The normalized spacial score (nSPS) is 16.1. The van der Waals surface area contributed by atoms with E-state index in [0.29, 0.717) is 0 Å². The lowest BCUT2D eigenvalue weighted by atomic mass is 10.1. The Kier molecular flexibility index (Phi) is 9.80. The van der Waals surface area contributed by atoms with E-state index in [-0.39, 0.29) is 11.5 Å². The zero-order chi connectivity index (χ0) is 15.6. The van der Waals surface area contributed by atoms with Crippen molar-refractivity contribution < 1.29 is 19.4 Å². The number of allylic oxidation sites excluding steroid dienone is 1. The van der Waals surface area contributed by atoms with Crippen LogP contribution in [-0.4, -0.2) is 38.2 Å². The molecule has 0 saturated heterocycles. The van der Waals surface area contributed by atoms with Crippen LogP contribution in [0.5, 0.6) is 0 Å². The first kappa shape index (κ1) is 19.3. The summed E-state index contributed by atoms with van der Waals surface area (Å²) in [5, 5.41) is 18.8. The summed E-state index contributed by atoms with van der Waals surface area (Å²) in [6.45, 7) is 8.46. The Bertz CT molecular complexity index is 297. The molecule has 20 heavy (non-hydrogen) atoms. The molecule has 2 N–H and O–H groups in total. The highest BCUT2D eigenvalue weighted by molar-refractivity contribution is 6.31. The Hall–Kier alpha value is -0.653. The monoisotopic (exact) mass is 302 g/mol. The summed E-state index contributed by atoms with van der Waals surface area (Å²) in [4.78, 5) is 10.7. The molecule has 0 rings (SSSR count). The maximum atomic E-state index is 10.7. The molecule has 0 radical (unpaired) electrons. The molecule has 0 aliphatic rings. The standard InChI is InChI=1S/C15H30O4Si/c1-5-6-7-8-9-10-13(12(16)11-14(17)18)19-20-15(2,3)4/h9-10,12-13,16H,5-8,11,20H2,1-4H3,(H,17,18)/t12-,13-/m0/s1. The highest BCUT2D eigenvalue weighted by Gasteiger charge is 2.22. The average Bonchev–Trinajstić information content (AvgIpc) is 2.30. The van der Waals surface area contributed by atoms with Gasteiger partial charge in [-0.25, -0.2) is 0 Å². The molecule has 0 aromatic rings. The van der Waals surface area contributed by atoms with Gasteiger partial charge in [0.1, 0.15) is 0 Å². The van der Waals surface area contributed by atoms with E-state index in [1.807, 2.05) is 12.2 Å². The number of carbonyl (C=O) groups is 1. The lowest BCUT2D eigenvalue weighted by molar-refractivity contribution is -0.140. The van der Waals surface area contributed by atoms with Crippen LogP contribution in [0.4, 0.5) is 0 Å². The summed E-state index contributed by atoms with van der Waals surface area (Å²) in [7, 11) is -0.823. The number of unbranched alkanes of at least 4 members (excludes halogenated alkanes) is 3. The fraction of sp³-hybridized carbons (Fsp3) is 0.800. The molecule has 0 aromatic carbocycles. The van der Waals surface area contributed by atoms with E-state index in [1.54, 1.807) is 0 Å². The smallest absolute Gasteiger partial charge is 0.306 e. The number of rotatable bonds is 10. The van der Waals surface area contributed by atoms with Crippen molar-refractivity contribution >= 4 is 15.7 Å². The summed E-state index contributed by atoms with van der Waals surface area (Å²) in [5.74, 6) is -0.997. The van der Waals surface area contributed by atoms with Gasteiger partial charge in [0, 0.05) is 0 Å². The van der Waals surface area contributed by atoms with Crippen molar-refractivity contribution in [2.45, 2.75) is 77.0 Å². The Labute approximate surface area is 125 Å². The highest BCUT2D eigenvalue weighted by atomic mass is 28.2. The third-order valence-electron chi connectivity index (χ3n) is 2.77. The molecule has 118 valence electrons. The first-order valence-electron chi connectivity index (χ1n) is 7.44. The second-order valence-electron chi connectivity index (χ2n) is 6.43. The van der Waals surface area contributed by atoms with E-state index in [1.165, 1.54) is 12.8 Å². The largest absolute Gasteiger partial charge is 0.481 e. The number of hydrogen-bond acceptors (Lipinski definition) is 3. The zero-order valence-electron chi connectivity index (χ0n) is 13.3. The molecule has 0 bridgehead atoms. The van der Waals surface area contributed by atoms with Crippen molar-refractivity contribution in [3.8, 4) is 0 Å². The Balaban J connectivity index is 4.41.